The highest BCUT2D eigenvalue weighted by molar-refractivity contribution is 9.10. The first kappa shape index (κ1) is 9.28. The molecule has 14 heavy (non-hydrogen) atoms. The van der Waals surface area contributed by atoms with E-state index in [2.05, 4.69) is 36.6 Å². The summed E-state index contributed by atoms with van der Waals surface area (Å²) in [6, 6.07) is -0.520. The lowest BCUT2D eigenvalue weighted by molar-refractivity contribution is 0.236. The third-order valence-corrected chi connectivity index (χ3v) is 2.57. The van der Waals surface area contributed by atoms with Gasteiger partial charge in [0.2, 0.25) is 0 Å². The summed E-state index contributed by atoms with van der Waals surface area (Å²) in [7, 11) is 0. The lowest BCUT2D eigenvalue weighted by Gasteiger charge is -1.97. The second kappa shape index (κ2) is 3.46. The quantitative estimate of drug-likeness (QED) is 0.712. The Kier molecular flexibility index (Phi) is 2.30. The van der Waals surface area contributed by atoms with Crippen LogP contribution in [0.4, 0.5) is 4.79 Å². The molecule has 72 valence electrons. The number of rotatable bonds is 0. The van der Waals surface area contributed by atoms with Crippen LogP contribution < -0.4 is 0 Å². The van der Waals surface area contributed by atoms with Gasteiger partial charge in [-0.3, -0.25) is 0 Å². The van der Waals surface area contributed by atoms with Crippen molar-refractivity contribution in [1.82, 2.24) is 30.0 Å². The first-order valence-corrected chi connectivity index (χ1v) is 4.55. The fourth-order valence-corrected chi connectivity index (χ4v) is 1.20. The van der Waals surface area contributed by atoms with Crippen LogP contribution in [0.3, 0.4) is 0 Å². The van der Waals surface area contributed by atoms with Crippen LogP contribution in [0.5, 0.6) is 0 Å². The van der Waals surface area contributed by atoms with Crippen molar-refractivity contribution in [1.29, 1.82) is 0 Å². The summed E-state index contributed by atoms with van der Waals surface area (Å²) in [5.41, 5.74) is 0. The highest BCUT2D eigenvalue weighted by Gasteiger charge is 2.16. The van der Waals surface area contributed by atoms with Gasteiger partial charge in [0.15, 0.2) is 9.76 Å². The molecule has 0 unspecified atom stereocenters. The number of nitrogens with zero attached hydrogens (tertiary/aromatic N) is 6. The van der Waals surface area contributed by atoms with E-state index in [1.807, 2.05) is 0 Å². The Labute approximate surface area is 90.8 Å². The van der Waals surface area contributed by atoms with Crippen LogP contribution in [0.1, 0.15) is 0 Å². The largest absolute Gasteiger partial charge is 0.373 e. The second-order valence-corrected chi connectivity index (χ2v) is 3.32. The van der Waals surface area contributed by atoms with Crippen molar-refractivity contribution in [2.45, 2.75) is 0 Å². The highest BCUT2D eigenvalue weighted by atomic mass is 79.9. The van der Waals surface area contributed by atoms with E-state index in [0.717, 1.165) is 9.36 Å². The van der Waals surface area contributed by atoms with Crippen LogP contribution in [-0.2, 0) is 0 Å². The van der Waals surface area contributed by atoms with Crippen LogP contribution >= 0.6 is 27.5 Å². The summed E-state index contributed by atoms with van der Waals surface area (Å²) in [6.45, 7) is 0. The smallest absolute Gasteiger partial charge is 0.243 e. The van der Waals surface area contributed by atoms with Crippen molar-refractivity contribution < 1.29 is 4.79 Å². The van der Waals surface area contributed by atoms with E-state index in [1.165, 1.54) is 12.4 Å². The molecule has 0 saturated carbocycles. The summed E-state index contributed by atoms with van der Waals surface area (Å²) in [6.07, 6.45) is 2.77. The van der Waals surface area contributed by atoms with Crippen molar-refractivity contribution in [3.05, 3.63) is 22.1 Å². The van der Waals surface area contributed by atoms with Crippen LogP contribution in [-0.4, -0.2) is 36.0 Å². The SMILES string of the molecule is O=C(n1ccnn1)n1nnc(Cl)c1Br. The molecule has 2 rings (SSSR count). The van der Waals surface area contributed by atoms with Crippen LogP contribution in [0, 0.1) is 0 Å². The molecule has 2 aromatic rings. The minimum atomic E-state index is -0.520. The Morgan fingerprint density at radius 1 is 1.50 bits per heavy atom. The number of hydrogen-bond acceptors (Lipinski definition) is 5. The summed E-state index contributed by atoms with van der Waals surface area (Å²) >= 11 is 8.66. The van der Waals surface area contributed by atoms with E-state index >= 15 is 0 Å². The van der Waals surface area contributed by atoms with Gasteiger partial charge in [-0.1, -0.05) is 22.0 Å². The topological polar surface area (TPSA) is 78.5 Å². The van der Waals surface area contributed by atoms with E-state index in [9.17, 15) is 4.79 Å². The van der Waals surface area contributed by atoms with E-state index in [4.69, 9.17) is 11.6 Å². The van der Waals surface area contributed by atoms with Gasteiger partial charge in [-0.05, 0) is 15.9 Å². The number of aromatic nitrogens is 6. The van der Waals surface area contributed by atoms with Crippen LogP contribution in [0.25, 0.3) is 0 Å². The first-order chi connectivity index (χ1) is 6.70. The lowest BCUT2D eigenvalue weighted by Crippen LogP contribution is -2.21. The van der Waals surface area contributed by atoms with Gasteiger partial charge in [-0.15, -0.1) is 10.2 Å². The molecule has 7 nitrogen and oxygen atoms in total. The molecule has 2 heterocycles. The van der Waals surface area contributed by atoms with E-state index in [0.29, 0.717) is 0 Å². The summed E-state index contributed by atoms with van der Waals surface area (Å²) in [5.74, 6) is 0. The standard InChI is InChI=1S/C5H2BrClN6O/c6-3-4(7)9-11-13(3)5(14)12-2-1-8-10-12/h1-2H. The molecule has 0 bridgehead atoms. The van der Waals surface area contributed by atoms with Gasteiger partial charge >= 0.3 is 6.03 Å². The van der Waals surface area contributed by atoms with E-state index in [1.54, 1.807) is 0 Å². The fraction of sp³-hybridized carbons (Fsp3) is 0. The van der Waals surface area contributed by atoms with Gasteiger partial charge in [0.25, 0.3) is 0 Å². The number of hydrogen-bond donors (Lipinski definition) is 0. The molecule has 0 aromatic carbocycles. The van der Waals surface area contributed by atoms with Gasteiger partial charge in [-0.2, -0.15) is 9.36 Å². The van der Waals surface area contributed by atoms with Gasteiger partial charge < -0.3 is 0 Å². The van der Waals surface area contributed by atoms with Gasteiger partial charge in [-0.25, -0.2) is 4.79 Å². The average molecular weight is 277 g/mol. The molecule has 0 N–H and O–H groups in total. The second-order valence-electron chi connectivity index (χ2n) is 2.21. The van der Waals surface area contributed by atoms with Crippen LogP contribution in [0.2, 0.25) is 5.15 Å². The first-order valence-electron chi connectivity index (χ1n) is 3.38. The highest BCUT2D eigenvalue weighted by Crippen LogP contribution is 2.18. The number of carbonyl (C=O) groups excluding carboxylic acids is 1. The molecule has 0 aliphatic carbocycles. The molecule has 0 radical (unpaired) electrons. The summed E-state index contributed by atoms with van der Waals surface area (Å²) in [5, 5.41) is 14.1. The Bertz CT molecular complexity index is 465. The predicted molar refractivity (Wildman–Crippen MR) is 48.9 cm³/mol. The molecular weight excluding hydrogens is 275 g/mol. The molecule has 0 aliphatic heterocycles. The number of halogens is 2. The Morgan fingerprint density at radius 3 is 2.79 bits per heavy atom. The Hall–Kier alpha value is -1.28. The molecule has 0 aliphatic rings. The molecule has 0 atom stereocenters. The maximum atomic E-state index is 11.6. The fourth-order valence-electron chi connectivity index (χ4n) is 0.781. The van der Waals surface area contributed by atoms with Gasteiger partial charge in [0.05, 0.1) is 12.4 Å². The summed E-state index contributed by atoms with van der Waals surface area (Å²) < 4.78 is 2.26. The molecule has 2 aromatic heterocycles. The number of carbonyl (C=O) groups is 1. The molecule has 0 saturated heterocycles. The Morgan fingerprint density at radius 2 is 2.29 bits per heavy atom. The zero-order valence-electron chi connectivity index (χ0n) is 6.50. The zero-order chi connectivity index (χ0) is 10.1. The Balaban J connectivity index is 2.42. The minimum absolute atomic E-state index is 0.110. The monoisotopic (exact) mass is 276 g/mol. The van der Waals surface area contributed by atoms with Crippen molar-refractivity contribution in [3.8, 4) is 0 Å². The normalized spacial score (nSPS) is 10.4. The zero-order valence-corrected chi connectivity index (χ0v) is 8.84. The van der Waals surface area contributed by atoms with Crippen molar-refractivity contribution in [2.75, 3.05) is 0 Å². The molecular formula is C5H2BrClN6O. The maximum Gasteiger partial charge on any atom is 0.373 e. The predicted octanol–water partition coefficient (Wildman–Crippen LogP) is 0.802. The third kappa shape index (κ3) is 1.42. The third-order valence-electron chi connectivity index (χ3n) is 1.38. The molecule has 0 amide bonds. The molecule has 0 fully saturated rings. The summed E-state index contributed by atoms with van der Waals surface area (Å²) in [4.78, 5) is 11.6. The van der Waals surface area contributed by atoms with E-state index < -0.39 is 6.03 Å². The van der Waals surface area contributed by atoms with Crippen molar-refractivity contribution in [2.24, 2.45) is 0 Å². The van der Waals surface area contributed by atoms with E-state index in [-0.39, 0.29) is 9.76 Å². The van der Waals surface area contributed by atoms with Crippen LogP contribution in [0.15, 0.2) is 17.0 Å². The lowest BCUT2D eigenvalue weighted by atomic mass is 10.8. The average Bonchev–Trinajstić information content (AvgIpc) is 2.77. The maximum absolute atomic E-state index is 11.6. The van der Waals surface area contributed by atoms with Crippen molar-refractivity contribution in [3.63, 3.8) is 0 Å². The van der Waals surface area contributed by atoms with Gasteiger partial charge in [0, 0.05) is 0 Å². The minimum Gasteiger partial charge on any atom is -0.243 e. The molecule has 0 spiro atoms. The van der Waals surface area contributed by atoms with Crippen molar-refractivity contribution >= 4 is 33.6 Å². The van der Waals surface area contributed by atoms with Gasteiger partial charge in [0.1, 0.15) is 0 Å². The molecule has 9 heteroatoms.